The fraction of sp³-hybridized carbons (Fsp3) is 0.556. The van der Waals surface area contributed by atoms with Gasteiger partial charge in [0.05, 0.1) is 0 Å². The van der Waals surface area contributed by atoms with Crippen LogP contribution in [0, 0.1) is 0 Å². The predicted octanol–water partition coefficient (Wildman–Crippen LogP) is 0.0271. The molecule has 13 heavy (non-hydrogen) atoms. The second-order valence-corrected chi connectivity index (χ2v) is 3.70. The van der Waals surface area contributed by atoms with Crippen molar-refractivity contribution in [1.29, 1.82) is 0 Å². The third kappa shape index (κ3) is 1.09. The zero-order valence-electron chi connectivity index (χ0n) is 7.35. The molecule has 0 amide bonds. The first-order valence-corrected chi connectivity index (χ1v) is 4.70. The number of hydrogen-bond donors (Lipinski definition) is 1. The second-order valence-electron chi connectivity index (χ2n) is 3.70. The summed E-state index contributed by atoms with van der Waals surface area (Å²) >= 11 is 0. The van der Waals surface area contributed by atoms with Gasteiger partial charge < -0.3 is 10.2 Å². The van der Waals surface area contributed by atoms with E-state index < -0.39 is 0 Å². The monoisotopic (exact) mass is 176 g/mol. The molecule has 2 saturated heterocycles. The zero-order valence-corrected chi connectivity index (χ0v) is 7.35. The Balaban J connectivity index is 1.87. The van der Waals surface area contributed by atoms with Crippen LogP contribution in [0.5, 0.6) is 0 Å². The topological polar surface area (TPSA) is 41.1 Å². The lowest BCUT2D eigenvalue weighted by Crippen LogP contribution is -2.44. The second kappa shape index (κ2) is 2.67. The van der Waals surface area contributed by atoms with Gasteiger partial charge in [0.25, 0.3) is 0 Å². The highest BCUT2D eigenvalue weighted by atomic mass is 15.3. The van der Waals surface area contributed by atoms with E-state index in [9.17, 15) is 0 Å². The Morgan fingerprint density at radius 1 is 1.38 bits per heavy atom. The van der Waals surface area contributed by atoms with Crippen LogP contribution in [0.3, 0.4) is 0 Å². The lowest BCUT2D eigenvalue weighted by molar-refractivity contribution is 0.572. The summed E-state index contributed by atoms with van der Waals surface area (Å²) in [5, 5.41) is 3.46. The molecule has 2 aliphatic rings. The average Bonchev–Trinajstić information content (AvgIpc) is 2.80. The van der Waals surface area contributed by atoms with E-state index in [1.165, 1.54) is 6.42 Å². The Morgan fingerprint density at radius 2 is 2.23 bits per heavy atom. The van der Waals surface area contributed by atoms with Gasteiger partial charge >= 0.3 is 0 Å². The van der Waals surface area contributed by atoms with E-state index >= 15 is 0 Å². The Bertz CT molecular complexity index is 300. The minimum Gasteiger partial charge on any atom is -0.335 e. The largest absolute Gasteiger partial charge is 0.335 e. The van der Waals surface area contributed by atoms with Crippen LogP contribution in [0.4, 0.5) is 5.95 Å². The number of rotatable bonds is 1. The fourth-order valence-corrected chi connectivity index (χ4v) is 2.25. The number of fused-ring (bicyclic) bond motifs is 2. The highest BCUT2D eigenvalue weighted by Crippen LogP contribution is 2.26. The van der Waals surface area contributed by atoms with E-state index in [2.05, 4.69) is 20.2 Å². The van der Waals surface area contributed by atoms with Crippen LogP contribution in [-0.2, 0) is 0 Å². The van der Waals surface area contributed by atoms with Crippen LogP contribution in [0.2, 0.25) is 0 Å². The maximum absolute atomic E-state index is 4.27. The van der Waals surface area contributed by atoms with Crippen LogP contribution in [0.15, 0.2) is 18.5 Å². The molecule has 1 aromatic rings. The van der Waals surface area contributed by atoms with Crippen molar-refractivity contribution in [1.82, 2.24) is 15.3 Å². The molecule has 2 atom stereocenters. The van der Waals surface area contributed by atoms with Crippen LogP contribution in [-0.4, -0.2) is 35.1 Å². The standard InChI is InChI=1S/C9H12N4/c1-2-10-9(11-3-1)13-6-7-4-8(13)5-12-7/h1-3,7-8,12H,4-6H2. The molecule has 4 nitrogen and oxygen atoms in total. The first-order valence-electron chi connectivity index (χ1n) is 4.70. The van der Waals surface area contributed by atoms with Crippen LogP contribution in [0.25, 0.3) is 0 Å². The summed E-state index contributed by atoms with van der Waals surface area (Å²) in [4.78, 5) is 10.8. The molecule has 2 fully saturated rings. The van der Waals surface area contributed by atoms with Gasteiger partial charge in [-0.25, -0.2) is 9.97 Å². The lowest BCUT2D eigenvalue weighted by Gasteiger charge is -2.26. The zero-order chi connectivity index (χ0) is 8.67. The van der Waals surface area contributed by atoms with Crippen molar-refractivity contribution in [3.63, 3.8) is 0 Å². The quantitative estimate of drug-likeness (QED) is 0.655. The Kier molecular flexibility index (Phi) is 1.49. The summed E-state index contributed by atoms with van der Waals surface area (Å²) < 4.78 is 0. The highest BCUT2D eigenvalue weighted by Gasteiger charge is 2.38. The maximum Gasteiger partial charge on any atom is 0.225 e. The molecule has 1 aromatic heterocycles. The van der Waals surface area contributed by atoms with Gasteiger partial charge in [-0.15, -0.1) is 0 Å². The van der Waals surface area contributed by atoms with Gasteiger partial charge in [0.2, 0.25) is 5.95 Å². The molecule has 2 bridgehead atoms. The van der Waals surface area contributed by atoms with Crippen molar-refractivity contribution in [3.05, 3.63) is 18.5 Å². The van der Waals surface area contributed by atoms with Crippen molar-refractivity contribution in [2.45, 2.75) is 18.5 Å². The van der Waals surface area contributed by atoms with E-state index in [4.69, 9.17) is 0 Å². The molecule has 2 aliphatic heterocycles. The van der Waals surface area contributed by atoms with E-state index in [-0.39, 0.29) is 0 Å². The van der Waals surface area contributed by atoms with Crippen LogP contribution >= 0.6 is 0 Å². The molecule has 0 aromatic carbocycles. The first kappa shape index (κ1) is 7.26. The van der Waals surface area contributed by atoms with E-state index in [1.54, 1.807) is 0 Å². The minimum absolute atomic E-state index is 0.618. The smallest absolute Gasteiger partial charge is 0.225 e. The third-order valence-corrected chi connectivity index (χ3v) is 2.87. The van der Waals surface area contributed by atoms with Crippen molar-refractivity contribution < 1.29 is 0 Å². The molecular formula is C9H12N4. The summed E-state index contributed by atoms with van der Waals surface area (Å²) in [7, 11) is 0. The van der Waals surface area contributed by atoms with Gasteiger partial charge in [0.1, 0.15) is 0 Å². The lowest BCUT2D eigenvalue weighted by atomic mass is 10.2. The van der Waals surface area contributed by atoms with Crippen molar-refractivity contribution in [2.24, 2.45) is 0 Å². The highest BCUT2D eigenvalue weighted by molar-refractivity contribution is 5.35. The fourth-order valence-electron chi connectivity index (χ4n) is 2.25. The third-order valence-electron chi connectivity index (χ3n) is 2.87. The van der Waals surface area contributed by atoms with Gasteiger partial charge in [-0.3, -0.25) is 0 Å². The van der Waals surface area contributed by atoms with Gasteiger partial charge in [-0.2, -0.15) is 0 Å². The first-order chi connectivity index (χ1) is 6.43. The molecule has 4 heteroatoms. The van der Waals surface area contributed by atoms with E-state index in [0.717, 1.165) is 19.0 Å². The molecule has 0 radical (unpaired) electrons. The molecular weight excluding hydrogens is 164 g/mol. The van der Waals surface area contributed by atoms with Gasteiger partial charge in [0, 0.05) is 37.6 Å². The molecule has 0 aliphatic carbocycles. The number of piperazine rings is 1. The summed E-state index contributed by atoms with van der Waals surface area (Å²) in [6, 6.07) is 3.14. The molecule has 0 spiro atoms. The number of nitrogens with zero attached hydrogens (tertiary/aromatic N) is 3. The summed E-state index contributed by atoms with van der Waals surface area (Å²) in [6.45, 7) is 2.15. The number of nitrogens with one attached hydrogen (secondary N) is 1. The van der Waals surface area contributed by atoms with Crippen LogP contribution < -0.4 is 10.2 Å². The molecule has 1 N–H and O–H groups in total. The van der Waals surface area contributed by atoms with Crippen molar-refractivity contribution >= 4 is 5.95 Å². The molecule has 3 heterocycles. The number of anilines is 1. The molecule has 2 unspecified atom stereocenters. The summed E-state index contributed by atoms with van der Waals surface area (Å²) in [5.74, 6) is 0.886. The van der Waals surface area contributed by atoms with Crippen LogP contribution in [0.1, 0.15) is 6.42 Å². The number of hydrogen-bond acceptors (Lipinski definition) is 4. The molecule has 0 saturated carbocycles. The van der Waals surface area contributed by atoms with Gasteiger partial charge in [-0.05, 0) is 12.5 Å². The van der Waals surface area contributed by atoms with Crippen molar-refractivity contribution in [3.8, 4) is 0 Å². The van der Waals surface area contributed by atoms with Gasteiger partial charge in [-0.1, -0.05) is 0 Å². The molecule has 3 rings (SSSR count). The predicted molar refractivity (Wildman–Crippen MR) is 49.6 cm³/mol. The Labute approximate surface area is 77.0 Å². The average molecular weight is 176 g/mol. The normalized spacial score (nSPS) is 31.2. The SMILES string of the molecule is c1cnc(N2CC3CC2CN3)nc1. The number of aromatic nitrogens is 2. The van der Waals surface area contributed by atoms with E-state index in [0.29, 0.717) is 12.1 Å². The summed E-state index contributed by atoms with van der Waals surface area (Å²) in [5.41, 5.74) is 0. The molecule has 68 valence electrons. The van der Waals surface area contributed by atoms with E-state index in [1.807, 2.05) is 18.5 Å². The Hall–Kier alpha value is -1.16. The maximum atomic E-state index is 4.27. The summed E-state index contributed by atoms with van der Waals surface area (Å²) in [6.07, 6.45) is 4.86. The minimum atomic E-state index is 0.618. The Morgan fingerprint density at radius 3 is 2.85 bits per heavy atom. The van der Waals surface area contributed by atoms with Gasteiger partial charge in [0.15, 0.2) is 0 Å². The van der Waals surface area contributed by atoms with Crippen molar-refractivity contribution in [2.75, 3.05) is 18.0 Å².